The van der Waals surface area contributed by atoms with Gasteiger partial charge in [0.2, 0.25) is 0 Å². The second-order valence-electron chi connectivity index (χ2n) is 5.71. The molecule has 0 atom stereocenters. The van der Waals surface area contributed by atoms with Crippen molar-refractivity contribution in [2.75, 3.05) is 6.54 Å². The zero-order chi connectivity index (χ0) is 14.9. The molecule has 2 aromatic heterocycles. The predicted octanol–water partition coefficient (Wildman–Crippen LogP) is 3.66. The Balaban J connectivity index is 1.49. The van der Waals surface area contributed by atoms with Gasteiger partial charge in [0, 0.05) is 23.5 Å². The molecular weight excluding hydrogens is 294 g/mol. The highest BCUT2D eigenvalue weighted by molar-refractivity contribution is 7.10. The number of fused-ring (bicyclic) bond motifs is 1. The highest BCUT2D eigenvalue weighted by Crippen LogP contribution is 2.25. The van der Waals surface area contributed by atoms with Crippen molar-refractivity contribution in [1.82, 2.24) is 15.0 Å². The molecular formula is C17H17N3OS. The van der Waals surface area contributed by atoms with Gasteiger partial charge in [0.1, 0.15) is 0 Å². The Bertz CT molecular complexity index is 793. The van der Waals surface area contributed by atoms with E-state index in [1.54, 1.807) is 0 Å². The van der Waals surface area contributed by atoms with E-state index in [2.05, 4.69) is 45.5 Å². The van der Waals surface area contributed by atoms with E-state index in [-0.39, 0.29) is 0 Å². The van der Waals surface area contributed by atoms with Gasteiger partial charge >= 0.3 is 0 Å². The topological polar surface area (TPSA) is 42.2 Å². The standard InChI is InChI=1S/C17H17N3OS/c1-12-3-2-4-13(9-12)17-18-16(19-21-17)11-20-7-5-15-14(10-20)6-8-22-15/h2-4,6,8-9H,5,7,10-11H2,1H3. The SMILES string of the molecule is Cc1cccc(-c2nc(CN3CCc4sccc4C3)no2)c1. The molecule has 3 aromatic rings. The Hall–Kier alpha value is -1.98. The van der Waals surface area contributed by atoms with Crippen LogP contribution in [0.3, 0.4) is 0 Å². The van der Waals surface area contributed by atoms with Gasteiger partial charge in [-0.3, -0.25) is 4.90 Å². The normalized spacial score (nSPS) is 15.0. The van der Waals surface area contributed by atoms with Gasteiger partial charge in [-0.25, -0.2) is 0 Å². The highest BCUT2D eigenvalue weighted by Gasteiger charge is 2.19. The van der Waals surface area contributed by atoms with E-state index in [0.29, 0.717) is 5.89 Å². The Morgan fingerprint density at radius 3 is 3.18 bits per heavy atom. The maximum absolute atomic E-state index is 5.42. The van der Waals surface area contributed by atoms with Crippen LogP contribution in [0.25, 0.3) is 11.5 Å². The molecule has 0 saturated carbocycles. The molecule has 0 unspecified atom stereocenters. The Kier molecular flexibility index (Phi) is 3.52. The lowest BCUT2D eigenvalue weighted by atomic mass is 10.1. The van der Waals surface area contributed by atoms with Crippen LogP contribution in [0.15, 0.2) is 40.2 Å². The van der Waals surface area contributed by atoms with Gasteiger partial charge < -0.3 is 4.52 Å². The summed E-state index contributed by atoms with van der Waals surface area (Å²) in [5.74, 6) is 1.36. The van der Waals surface area contributed by atoms with Crippen LogP contribution in [0.5, 0.6) is 0 Å². The Morgan fingerprint density at radius 2 is 2.27 bits per heavy atom. The zero-order valence-electron chi connectivity index (χ0n) is 12.5. The summed E-state index contributed by atoms with van der Waals surface area (Å²) in [6.45, 7) is 4.84. The second kappa shape index (κ2) is 5.66. The molecule has 5 heteroatoms. The Labute approximate surface area is 133 Å². The number of hydrogen-bond donors (Lipinski definition) is 0. The third kappa shape index (κ3) is 2.69. The minimum absolute atomic E-state index is 0.604. The van der Waals surface area contributed by atoms with E-state index >= 15 is 0 Å². The molecule has 0 bridgehead atoms. The number of aromatic nitrogens is 2. The first kappa shape index (κ1) is 13.7. The van der Waals surface area contributed by atoms with Crippen LogP contribution in [0, 0.1) is 6.92 Å². The fourth-order valence-electron chi connectivity index (χ4n) is 2.86. The minimum Gasteiger partial charge on any atom is -0.334 e. The third-order valence-corrected chi connectivity index (χ3v) is 5.01. The van der Waals surface area contributed by atoms with Gasteiger partial charge in [-0.15, -0.1) is 11.3 Å². The molecule has 0 N–H and O–H groups in total. The summed E-state index contributed by atoms with van der Waals surface area (Å²) in [4.78, 5) is 8.44. The summed E-state index contributed by atoms with van der Waals surface area (Å²) in [5, 5.41) is 6.31. The molecule has 0 spiro atoms. The first-order valence-corrected chi connectivity index (χ1v) is 8.33. The molecule has 1 aliphatic heterocycles. The van der Waals surface area contributed by atoms with Crippen LogP contribution in [0.4, 0.5) is 0 Å². The van der Waals surface area contributed by atoms with Crippen molar-refractivity contribution < 1.29 is 4.52 Å². The molecule has 0 amide bonds. The Morgan fingerprint density at radius 1 is 1.32 bits per heavy atom. The van der Waals surface area contributed by atoms with E-state index in [1.807, 2.05) is 23.5 Å². The van der Waals surface area contributed by atoms with E-state index in [9.17, 15) is 0 Å². The summed E-state index contributed by atoms with van der Waals surface area (Å²) in [7, 11) is 0. The van der Waals surface area contributed by atoms with Crippen LogP contribution in [-0.2, 0) is 19.5 Å². The summed E-state index contributed by atoms with van der Waals surface area (Å²) < 4.78 is 5.42. The van der Waals surface area contributed by atoms with E-state index in [4.69, 9.17) is 4.52 Å². The molecule has 4 rings (SSSR count). The number of rotatable bonds is 3. The van der Waals surface area contributed by atoms with E-state index < -0.39 is 0 Å². The van der Waals surface area contributed by atoms with Crippen LogP contribution < -0.4 is 0 Å². The molecule has 1 aromatic carbocycles. The quantitative estimate of drug-likeness (QED) is 0.740. The summed E-state index contributed by atoms with van der Waals surface area (Å²) in [5.41, 5.74) is 3.62. The molecule has 22 heavy (non-hydrogen) atoms. The fourth-order valence-corrected chi connectivity index (χ4v) is 3.75. The maximum Gasteiger partial charge on any atom is 0.257 e. The van der Waals surface area contributed by atoms with Crippen molar-refractivity contribution in [2.24, 2.45) is 0 Å². The van der Waals surface area contributed by atoms with Crippen molar-refractivity contribution in [3.63, 3.8) is 0 Å². The van der Waals surface area contributed by atoms with Gasteiger partial charge in [0.25, 0.3) is 5.89 Å². The van der Waals surface area contributed by atoms with Gasteiger partial charge in [0.05, 0.1) is 6.54 Å². The van der Waals surface area contributed by atoms with Gasteiger partial charge in [-0.2, -0.15) is 4.98 Å². The summed E-state index contributed by atoms with van der Waals surface area (Å²) in [6, 6.07) is 10.4. The lowest BCUT2D eigenvalue weighted by Gasteiger charge is -2.25. The second-order valence-corrected chi connectivity index (χ2v) is 6.72. The lowest BCUT2D eigenvalue weighted by Crippen LogP contribution is -2.29. The predicted molar refractivity (Wildman–Crippen MR) is 86.6 cm³/mol. The van der Waals surface area contributed by atoms with Gasteiger partial charge in [0.15, 0.2) is 5.82 Å². The van der Waals surface area contributed by atoms with Crippen molar-refractivity contribution >= 4 is 11.3 Å². The van der Waals surface area contributed by atoms with Crippen LogP contribution in [0.1, 0.15) is 21.8 Å². The number of aryl methyl sites for hydroxylation is 1. The average Bonchev–Trinajstić information content (AvgIpc) is 3.16. The summed E-state index contributed by atoms with van der Waals surface area (Å²) >= 11 is 1.86. The van der Waals surface area contributed by atoms with Crippen LogP contribution in [-0.4, -0.2) is 21.6 Å². The average molecular weight is 311 g/mol. The number of hydrogen-bond acceptors (Lipinski definition) is 5. The number of benzene rings is 1. The van der Waals surface area contributed by atoms with Crippen molar-refractivity contribution in [1.29, 1.82) is 0 Å². The van der Waals surface area contributed by atoms with Gasteiger partial charge in [-0.1, -0.05) is 22.9 Å². The van der Waals surface area contributed by atoms with Crippen molar-refractivity contribution in [2.45, 2.75) is 26.4 Å². The molecule has 0 fully saturated rings. The molecule has 4 nitrogen and oxygen atoms in total. The molecule has 112 valence electrons. The molecule has 0 radical (unpaired) electrons. The molecule has 0 saturated heterocycles. The first-order chi connectivity index (χ1) is 10.8. The van der Waals surface area contributed by atoms with Crippen molar-refractivity contribution in [3.8, 4) is 11.5 Å². The largest absolute Gasteiger partial charge is 0.334 e. The van der Waals surface area contributed by atoms with E-state index in [1.165, 1.54) is 16.0 Å². The fraction of sp³-hybridized carbons (Fsp3) is 0.294. The molecule has 1 aliphatic rings. The lowest BCUT2D eigenvalue weighted by molar-refractivity contribution is 0.237. The van der Waals surface area contributed by atoms with Crippen LogP contribution >= 0.6 is 11.3 Å². The third-order valence-electron chi connectivity index (χ3n) is 3.98. The minimum atomic E-state index is 0.604. The first-order valence-electron chi connectivity index (χ1n) is 7.45. The number of nitrogens with zero attached hydrogens (tertiary/aromatic N) is 3. The highest BCUT2D eigenvalue weighted by atomic mass is 32.1. The summed E-state index contributed by atoms with van der Waals surface area (Å²) in [6.07, 6.45) is 1.12. The molecule has 0 aliphatic carbocycles. The van der Waals surface area contributed by atoms with Crippen LogP contribution in [0.2, 0.25) is 0 Å². The van der Waals surface area contributed by atoms with Crippen molar-refractivity contribution in [3.05, 3.63) is 57.5 Å². The smallest absolute Gasteiger partial charge is 0.257 e. The van der Waals surface area contributed by atoms with E-state index in [0.717, 1.165) is 37.4 Å². The monoisotopic (exact) mass is 311 g/mol. The zero-order valence-corrected chi connectivity index (χ0v) is 13.3. The van der Waals surface area contributed by atoms with Gasteiger partial charge in [-0.05, 0) is 42.5 Å². The molecule has 3 heterocycles. The maximum atomic E-state index is 5.42. The number of thiophene rings is 1.